The molecular formula is C22H18ClNO3. The van der Waals surface area contributed by atoms with Crippen molar-refractivity contribution in [3.63, 3.8) is 0 Å². The second-order valence-corrected chi connectivity index (χ2v) is 6.57. The molecule has 0 fully saturated rings. The van der Waals surface area contributed by atoms with Gasteiger partial charge in [0.05, 0.1) is 16.8 Å². The number of pyridine rings is 1. The van der Waals surface area contributed by atoms with Crippen molar-refractivity contribution in [2.75, 3.05) is 0 Å². The predicted molar refractivity (Wildman–Crippen MR) is 107 cm³/mol. The molecule has 5 heteroatoms. The predicted octanol–water partition coefficient (Wildman–Crippen LogP) is 5.41. The Morgan fingerprint density at radius 2 is 1.89 bits per heavy atom. The van der Waals surface area contributed by atoms with Gasteiger partial charge in [0, 0.05) is 22.9 Å². The number of benzene rings is 2. The first-order chi connectivity index (χ1) is 12.9. The molecule has 0 aliphatic carbocycles. The van der Waals surface area contributed by atoms with E-state index in [1.165, 1.54) is 13.8 Å². The molecule has 136 valence electrons. The van der Waals surface area contributed by atoms with Crippen LogP contribution in [0.4, 0.5) is 0 Å². The average molecular weight is 380 g/mol. The number of hydrogen-bond donors (Lipinski definition) is 0. The number of carbonyl (C=O) groups excluding carboxylic acids is 2. The maximum atomic E-state index is 12.5. The third-order valence-electron chi connectivity index (χ3n) is 4.10. The van der Waals surface area contributed by atoms with Crippen molar-refractivity contribution in [3.8, 4) is 17.0 Å². The molecule has 0 aliphatic rings. The van der Waals surface area contributed by atoms with E-state index in [4.69, 9.17) is 21.3 Å². The van der Waals surface area contributed by atoms with Gasteiger partial charge in [-0.2, -0.15) is 0 Å². The molecule has 4 nitrogen and oxygen atoms in total. The second-order valence-electron chi connectivity index (χ2n) is 6.13. The van der Waals surface area contributed by atoms with Gasteiger partial charge in [0.15, 0.2) is 11.5 Å². The number of ether oxygens (including phenoxy) is 1. The summed E-state index contributed by atoms with van der Waals surface area (Å²) in [5.74, 6) is -0.578. The molecule has 0 N–H and O–H groups in total. The molecule has 0 aliphatic heterocycles. The number of esters is 1. The highest BCUT2D eigenvalue weighted by molar-refractivity contribution is 6.31. The standard InChI is InChI=1S/C22H18ClNO3/c1-4-8-16-11-17(23)12-18-20(16)24-21(15-9-6-5-7-10-15)19(13(2)25)22(18)27-14(3)26/h4-7,9-12H,1,8H2,2-3H3. The van der Waals surface area contributed by atoms with Gasteiger partial charge in [-0.1, -0.05) is 48.0 Å². The molecule has 0 radical (unpaired) electrons. The summed E-state index contributed by atoms with van der Waals surface area (Å²) < 4.78 is 5.49. The fourth-order valence-corrected chi connectivity index (χ4v) is 3.30. The SMILES string of the molecule is C=CCc1cc(Cl)cc2c(OC(C)=O)c(C(C)=O)c(-c3ccccc3)nc12. The lowest BCUT2D eigenvalue weighted by atomic mass is 9.97. The fourth-order valence-electron chi connectivity index (χ4n) is 3.06. The van der Waals surface area contributed by atoms with Crippen LogP contribution in [0.3, 0.4) is 0 Å². The van der Waals surface area contributed by atoms with Gasteiger partial charge in [0.1, 0.15) is 0 Å². The molecule has 0 amide bonds. The molecule has 2 aromatic carbocycles. The van der Waals surface area contributed by atoms with E-state index in [9.17, 15) is 9.59 Å². The van der Waals surface area contributed by atoms with E-state index >= 15 is 0 Å². The molecule has 1 aromatic heterocycles. The first-order valence-electron chi connectivity index (χ1n) is 8.44. The summed E-state index contributed by atoms with van der Waals surface area (Å²) in [6, 6.07) is 12.8. The lowest BCUT2D eigenvalue weighted by molar-refractivity contribution is -0.131. The van der Waals surface area contributed by atoms with Crippen LogP contribution in [0.15, 0.2) is 55.1 Å². The molecule has 3 rings (SSSR count). The van der Waals surface area contributed by atoms with Gasteiger partial charge < -0.3 is 4.74 Å². The third-order valence-corrected chi connectivity index (χ3v) is 4.31. The minimum absolute atomic E-state index is 0.187. The Hall–Kier alpha value is -2.98. The third kappa shape index (κ3) is 3.76. The van der Waals surface area contributed by atoms with Crippen LogP contribution in [0, 0.1) is 0 Å². The summed E-state index contributed by atoms with van der Waals surface area (Å²) in [7, 11) is 0. The monoisotopic (exact) mass is 379 g/mol. The highest BCUT2D eigenvalue weighted by atomic mass is 35.5. The van der Waals surface area contributed by atoms with Crippen LogP contribution in [-0.4, -0.2) is 16.7 Å². The number of allylic oxidation sites excluding steroid dienone is 1. The van der Waals surface area contributed by atoms with Crippen LogP contribution >= 0.6 is 11.6 Å². The molecule has 0 atom stereocenters. The quantitative estimate of drug-likeness (QED) is 0.338. The van der Waals surface area contributed by atoms with Crippen LogP contribution in [0.2, 0.25) is 5.02 Å². The number of halogens is 1. The van der Waals surface area contributed by atoms with E-state index in [0.717, 1.165) is 11.1 Å². The molecule has 0 saturated heterocycles. The van der Waals surface area contributed by atoms with Gasteiger partial charge in [-0.3, -0.25) is 9.59 Å². The Labute approximate surface area is 162 Å². The van der Waals surface area contributed by atoms with Crippen LogP contribution in [0.5, 0.6) is 5.75 Å². The van der Waals surface area contributed by atoms with Crippen molar-refractivity contribution in [1.29, 1.82) is 0 Å². The molecule has 1 heterocycles. The number of aromatic nitrogens is 1. The molecular weight excluding hydrogens is 362 g/mol. The van der Waals surface area contributed by atoms with E-state index in [0.29, 0.717) is 28.0 Å². The van der Waals surface area contributed by atoms with Crippen molar-refractivity contribution in [2.45, 2.75) is 20.3 Å². The zero-order valence-electron chi connectivity index (χ0n) is 15.1. The van der Waals surface area contributed by atoms with Gasteiger partial charge in [0.2, 0.25) is 0 Å². The maximum Gasteiger partial charge on any atom is 0.308 e. The summed E-state index contributed by atoms with van der Waals surface area (Å²) in [5, 5.41) is 0.996. The van der Waals surface area contributed by atoms with Crippen molar-refractivity contribution in [3.05, 3.63) is 71.3 Å². The van der Waals surface area contributed by atoms with Crippen LogP contribution < -0.4 is 4.74 Å². The largest absolute Gasteiger partial charge is 0.425 e. The highest BCUT2D eigenvalue weighted by Crippen LogP contribution is 2.39. The molecule has 3 aromatic rings. The van der Waals surface area contributed by atoms with Crippen LogP contribution in [0.25, 0.3) is 22.2 Å². The molecule has 0 saturated carbocycles. The van der Waals surface area contributed by atoms with E-state index in [-0.39, 0.29) is 17.1 Å². The van der Waals surface area contributed by atoms with E-state index < -0.39 is 5.97 Å². The van der Waals surface area contributed by atoms with E-state index in [1.807, 2.05) is 30.3 Å². The molecule has 0 spiro atoms. The van der Waals surface area contributed by atoms with Gasteiger partial charge in [-0.15, -0.1) is 6.58 Å². The smallest absolute Gasteiger partial charge is 0.308 e. The van der Waals surface area contributed by atoms with E-state index in [2.05, 4.69) is 6.58 Å². The van der Waals surface area contributed by atoms with Crippen molar-refractivity contribution < 1.29 is 14.3 Å². The van der Waals surface area contributed by atoms with E-state index in [1.54, 1.807) is 18.2 Å². The Morgan fingerprint density at radius 3 is 2.48 bits per heavy atom. The van der Waals surface area contributed by atoms with Gasteiger partial charge >= 0.3 is 5.97 Å². The zero-order valence-corrected chi connectivity index (χ0v) is 15.8. The zero-order chi connectivity index (χ0) is 19.6. The minimum atomic E-state index is -0.519. The summed E-state index contributed by atoms with van der Waals surface area (Å²) in [5.41, 5.74) is 2.96. The Morgan fingerprint density at radius 1 is 1.19 bits per heavy atom. The summed E-state index contributed by atoms with van der Waals surface area (Å²) in [4.78, 5) is 29.0. The minimum Gasteiger partial charge on any atom is -0.425 e. The Bertz CT molecular complexity index is 1060. The topological polar surface area (TPSA) is 56.3 Å². The number of carbonyl (C=O) groups is 2. The van der Waals surface area contributed by atoms with Crippen LogP contribution in [0.1, 0.15) is 29.8 Å². The first-order valence-corrected chi connectivity index (χ1v) is 8.82. The number of Topliss-reactive ketones (excluding diaryl/α,β-unsaturated/α-hetero) is 1. The lowest BCUT2D eigenvalue weighted by Gasteiger charge is -2.17. The number of hydrogen-bond acceptors (Lipinski definition) is 4. The Balaban J connectivity index is 2.50. The van der Waals surface area contributed by atoms with Crippen molar-refractivity contribution >= 4 is 34.3 Å². The highest BCUT2D eigenvalue weighted by Gasteiger charge is 2.23. The maximum absolute atomic E-state index is 12.5. The number of fused-ring (bicyclic) bond motifs is 1. The molecule has 27 heavy (non-hydrogen) atoms. The summed E-state index contributed by atoms with van der Waals surface area (Å²) >= 11 is 6.27. The number of rotatable bonds is 5. The Kier molecular flexibility index (Phi) is 5.38. The second kappa shape index (κ2) is 7.72. The number of nitrogens with zero attached hydrogens (tertiary/aromatic N) is 1. The molecule has 0 bridgehead atoms. The fraction of sp³-hybridized carbons (Fsp3) is 0.136. The van der Waals surface area contributed by atoms with Crippen LogP contribution in [-0.2, 0) is 11.2 Å². The van der Waals surface area contributed by atoms with Gasteiger partial charge in [0.25, 0.3) is 0 Å². The summed E-state index contributed by atoms with van der Waals surface area (Å²) in [6.45, 7) is 6.51. The summed E-state index contributed by atoms with van der Waals surface area (Å²) in [6.07, 6.45) is 2.29. The van der Waals surface area contributed by atoms with Gasteiger partial charge in [-0.05, 0) is 31.0 Å². The average Bonchev–Trinajstić information content (AvgIpc) is 2.62. The molecule has 0 unspecified atom stereocenters. The normalized spacial score (nSPS) is 10.6. The first kappa shape index (κ1) is 18.8. The van der Waals surface area contributed by atoms with Crippen molar-refractivity contribution in [1.82, 2.24) is 4.98 Å². The van der Waals surface area contributed by atoms with Gasteiger partial charge in [-0.25, -0.2) is 4.98 Å². The number of ketones is 1. The van der Waals surface area contributed by atoms with Crippen molar-refractivity contribution in [2.24, 2.45) is 0 Å². The lowest BCUT2D eigenvalue weighted by Crippen LogP contribution is -2.10.